The summed E-state index contributed by atoms with van der Waals surface area (Å²) in [6.07, 6.45) is 2.97. The predicted octanol–water partition coefficient (Wildman–Crippen LogP) is 4.95. The maximum absolute atomic E-state index is 12.9. The van der Waals surface area contributed by atoms with Crippen molar-refractivity contribution in [3.8, 4) is 0 Å². The summed E-state index contributed by atoms with van der Waals surface area (Å²) in [4.78, 5) is 13.0. The van der Waals surface area contributed by atoms with Crippen LogP contribution in [-0.2, 0) is 27.8 Å². The molecular formula is C27H38ClN3O3S. The molecule has 3 N–H and O–H groups in total. The first-order chi connectivity index (χ1) is 16.5. The van der Waals surface area contributed by atoms with Crippen molar-refractivity contribution < 1.29 is 13.2 Å². The number of rotatable bonds is 10. The molecule has 0 saturated carbocycles. The lowest BCUT2D eigenvalue weighted by atomic mass is 9.86. The van der Waals surface area contributed by atoms with Gasteiger partial charge in [0.25, 0.3) is 0 Å². The second-order valence-corrected chi connectivity index (χ2v) is 12.3. The van der Waals surface area contributed by atoms with Crippen molar-refractivity contribution in [1.82, 2.24) is 15.4 Å². The average molecular weight is 520 g/mol. The van der Waals surface area contributed by atoms with Gasteiger partial charge in [0, 0.05) is 24.0 Å². The molecule has 0 spiro atoms. The molecule has 2 atom stereocenters. The van der Waals surface area contributed by atoms with Crippen LogP contribution in [0, 0.1) is 19.8 Å². The van der Waals surface area contributed by atoms with Gasteiger partial charge >= 0.3 is 0 Å². The Morgan fingerprint density at radius 2 is 1.86 bits per heavy atom. The Morgan fingerprint density at radius 3 is 2.57 bits per heavy atom. The van der Waals surface area contributed by atoms with Gasteiger partial charge < -0.3 is 10.6 Å². The summed E-state index contributed by atoms with van der Waals surface area (Å²) >= 11 is 6.11. The Kier molecular flexibility index (Phi) is 9.38. The lowest BCUT2D eigenvalue weighted by Gasteiger charge is -2.27. The topological polar surface area (TPSA) is 87.3 Å². The molecule has 0 unspecified atom stereocenters. The van der Waals surface area contributed by atoms with Crippen molar-refractivity contribution in [2.45, 2.75) is 83.8 Å². The summed E-state index contributed by atoms with van der Waals surface area (Å²) in [5, 5.41) is 7.14. The van der Waals surface area contributed by atoms with E-state index in [0.717, 1.165) is 37.9 Å². The Hall–Kier alpha value is -1.93. The molecule has 0 heterocycles. The van der Waals surface area contributed by atoms with E-state index in [2.05, 4.69) is 47.4 Å². The molecule has 1 aliphatic rings. The van der Waals surface area contributed by atoms with E-state index in [1.807, 2.05) is 0 Å². The predicted molar refractivity (Wildman–Crippen MR) is 142 cm³/mol. The van der Waals surface area contributed by atoms with Crippen molar-refractivity contribution >= 4 is 27.5 Å². The van der Waals surface area contributed by atoms with Gasteiger partial charge in [-0.25, -0.2) is 13.1 Å². The molecule has 2 aromatic rings. The van der Waals surface area contributed by atoms with E-state index >= 15 is 0 Å². The van der Waals surface area contributed by atoms with E-state index in [1.165, 1.54) is 11.1 Å². The number of hydrogen-bond acceptors (Lipinski definition) is 4. The van der Waals surface area contributed by atoms with Crippen LogP contribution in [0.4, 0.5) is 0 Å². The van der Waals surface area contributed by atoms with Crippen LogP contribution in [0.5, 0.6) is 0 Å². The second kappa shape index (κ2) is 11.9. The molecule has 1 aliphatic carbocycles. The fourth-order valence-corrected chi connectivity index (χ4v) is 6.35. The molecular weight excluding hydrogens is 482 g/mol. The third-order valence-corrected chi connectivity index (χ3v) is 8.47. The highest BCUT2D eigenvalue weighted by molar-refractivity contribution is 7.89. The summed E-state index contributed by atoms with van der Waals surface area (Å²) in [6, 6.07) is 9.12. The van der Waals surface area contributed by atoms with E-state index in [0.29, 0.717) is 22.1 Å². The number of carbonyl (C=O) groups excluding carboxylic acids is 1. The number of amides is 1. The molecule has 35 heavy (non-hydrogen) atoms. The molecule has 2 aromatic carbocycles. The molecule has 1 amide bonds. The minimum atomic E-state index is -3.77. The molecule has 3 rings (SSSR count). The zero-order valence-corrected chi connectivity index (χ0v) is 22.9. The van der Waals surface area contributed by atoms with Gasteiger partial charge in [-0.3, -0.25) is 4.79 Å². The summed E-state index contributed by atoms with van der Waals surface area (Å²) in [5.74, 6) is 0.447. The first kappa shape index (κ1) is 27.7. The van der Waals surface area contributed by atoms with E-state index < -0.39 is 16.1 Å². The zero-order valence-electron chi connectivity index (χ0n) is 21.4. The minimum absolute atomic E-state index is 0.0473. The van der Waals surface area contributed by atoms with Crippen LogP contribution in [-0.4, -0.2) is 26.9 Å². The first-order valence-electron chi connectivity index (χ1n) is 12.4. The Balaban J connectivity index is 1.60. The average Bonchev–Trinajstić information content (AvgIpc) is 2.75. The number of nitrogens with one attached hydrogen (secondary N) is 3. The van der Waals surface area contributed by atoms with Crippen LogP contribution >= 0.6 is 11.6 Å². The van der Waals surface area contributed by atoms with Gasteiger partial charge in [0.2, 0.25) is 15.9 Å². The Morgan fingerprint density at radius 1 is 1.11 bits per heavy atom. The van der Waals surface area contributed by atoms with E-state index in [1.54, 1.807) is 32.9 Å². The van der Waals surface area contributed by atoms with Crippen LogP contribution in [0.3, 0.4) is 0 Å². The Bertz CT molecular complexity index is 1160. The number of fused-ring (bicyclic) bond motifs is 1. The molecule has 0 fully saturated rings. The first-order valence-corrected chi connectivity index (χ1v) is 14.2. The molecule has 192 valence electrons. The summed E-state index contributed by atoms with van der Waals surface area (Å²) in [6.45, 7) is 11.4. The van der Waals surface area contributed by atoms with Crippen molar-refractivity contribution in [2.24, 2.45) is 5.92 Å². The van der Waals surface area contributed by atoms with Crippen molar-refractivity contribution in [2.75, 3.05) is 6.54 Å². The van der Waals surface area contributed by atoms with Gasteiger partial charge in [-0.1, -0.05) is 43.6 Å². The quantitative estimate of drug-likeness (QED) is 0.414. The van der Waals surface area contributed by atoms with Crippen LogP contribution in [0.1, 0.15) is 73.9 Å². The molecule has 0 aliphatic heterocycles. The van der Waals surface area contributed by atoms with Gasteiger partial charge in [0.15, 0.2) is 0 Å². The standard InChI is InChI=1S/C27H38ClN3O3S/c1-17(2)15-29-16-21-9-10-23-22(14-21)7-6-8-25(23)30-27(32)13-20(5)31-35(33,34)26-12-18(3)24(28)11-19(26)4/h9-12,14,17,20,25,29,31H,6-8,13,15-16H2,1-5H3,(H,30,32)/t20-,25+/m0/s1. The van der Waals surface area contributed by atoms with Gasteiger partial charge in [0.1, 0.15) is 0 Å². The largest absolute Gasteiger partial charge is 0.349 e. The molecule has 0 radical (unpaired) electrons. The summed E-state index contributed by atoms with van der Waals surface area (Å²) in [5.41, 5.74) is 4.97. The van der Waals surface area contributed by atoms with Crippen molar-refractivity contribution in [3.63, 3.8) is 0 Å². The molecule has 0 aromatic heterocycles. The van der Waals surface area contributed by atoms with Crippen LogP contribution < -0.4 is 15.4 Å². The van der Waals surface area contributed by atoms with Crippen molar-refractivity contribution in [1.29, 1.82) is 0 Å². The third-order valence-electron chi connectivity index (χ3n) is 6.33. The fourth-order valence-electron chi connectivity index (χ4n) is 4.58. The SMILES string of the molecule is Cc1cc(S(=O)(=O)N[C@@H](C)CC(=O)N[C@@H]2CCCc3cc(CNCC(C)C)ccc32)c(C)cc1Cl. The maximum Gasteiger partial charge on any atom is 0.241 e. The number of sulfonamides is 1. The van der Waals surface area contributed by atoms with Gasteiger partial charge in [-0.05, 0) is 92.4 Å². The summed E-state index contributed by atoms with van der Waals surface area (Å²) in [7, 11) is -3.77. The highest BCUT2D eigenvalue weighted by Crippen LogP contribution is 2.31. The van der Waals surface area contributed by atoms with Gasteiger partial charge in [-0.2, -0.15) is 0 Å². The lowest BCUT2D eigenvalue weighted by Crippen LogP contribution is -2.39. The molecule has 6 nitrogen and oxygen atoms in total. The zero-order chi connectivity index (χ0) is 25.8. The number of halogens is 1. The third kappa shape index (κ3) is 7.53. The second-order valence-electron chi connectivity index (χ2n) is 10.2. The van der Waals surface area contributed by atoms with Crippen LogP contribution in [0.25, 0.3) is 0 Å². The number of benzene rings is 2. The lowest BCUT2D eigenvalue weighted by molar-refractivity contribution is -0.122. The summed E-state index contributed by atoms with van der Waals surface area (Å²) < 4.78 is 28.5. The highest BCUT2D eigenvalue weighted by atomic mass is 35.5. The number of carbonyl (C=O) groups is 1. The van der Waals surface area contributed by atoms with Crippen LogP contribution in [0.15, 0.2) is 35.2 Å². The normalized spacial score (nSPS) is 16.7. The molecule has 0 saturated heterocycles. The number of hydrogen-bond donors (Lipinski definition) is 3. The van der Waals surface area contributed by atoms with Crippen LogP contribution in [0.2, 0.25) is 5.02 Å². The Labute approximate surface area is 215 Å². The fraction of sp³-hybridized carbons (Fsp3) is 0.519. The van der Waals surface area contributed by atoms with E-state index in [9.17, 15) is 13.2 Å². The minimum Gasteiger partial charge on any atom is -0.349 e. The van der Waals surface area contributed by atoms with Gasteiger partial charge in [0.05, 0.1) is 10.9 Å². The van der Waals surface area contributed by atoms with Crippen molar-refractivity contribution in [3.05, 3.63) is 63.2 Å². The smallest absolute Gasteiger partial charge is 0.241 e. The number of aryl methyl sites for hydroxylation is 3. The molecule has 0 bridgehead atoms. The van der Waals surface area contributed by atoms with Gasteiger partial charge in [-0.15, -0.1) is 0 Å². The monoisotopic (exact) mass is 519 g/mol. The maximum atomic E-state index is 12.9. The highest BCUT2D eigenvalue weighted by Gasteiger charge is 2.25. The van der Waals surface area contributed by atoms with E-state index in [4.69, 9.17) is 11.6 Å². The van der Waals surface area contributed by atoms with E-state index in [-0.39, 0.29) is 23.3 Å². The molecule has 8 heteroatoms.